The Labute approximate surface area is 234 Å². The molecule has 0 aliphatic heterocycles. The minimum Gasteiger partial charge on any atom is -0.472 e. The number of benzene rings is 2. The van der Waals surface area contributed by atoms with Crippen molar-refractivity contribution in [1.29, 1.82) is 0 Å². The minimum atomic E-state index is -0.401. The Balaban J connectivity index is 0.000000201. The van der Waals surface area contributed by atoms with Gasteiger partial charge in [-0.25, -0.2) is 0 Å². The molecule has 188 valence electrons. The highest BCUT2D eigenvalue weighted by Crippen LogP contribution is 2.26. The normalized spacial score (nSPS) is 10.4. The number of thioether (sulfide) groups is 1. The maximum Gasteiger partial charge on any atom is 0.291 e. The summed E-state index contributed by atoms with van der Waals surface area (Å²) >= 11 is 29.6. The van der Waals surface area contributed by atoms with E-state index in [9.17, 15) is 4.79 Å². The van der Waals surface area contributed by atoms with Crippen molar-refractivity contribution >= 4 is 70.4 Å². The zero-order valence-electron chi connectivity index (χ0n) is 18.0. The molecule has 0 amide bonds. The van der Waals surface area contributed by atoms with Crippen LogP contribution in [0, 0.1) is 4.77 Å². The van der Waals surface area contributed by atoms with E-state index in [0.717, 1.165) is 26.7 Å². The lowest BCUT2D eigenvalue weighted by Crippen LogP contribution is -2.29. The number of hydrogen-bond donors (Lipinski definition) is 2. The molecule has 4 N–H and O–H groups in total. The van der Waals surface area contributed by atoms with Gasteiger partial charge in [0.05, 0.1) is 20.1 Å². The van der Waals surface area contributed by atoms with Gasteiger partial charge in [-0.3, -0.25) is 4.79 Å². The second kappa shape index (κ2) is 13.1. The van der Waals surface area contributed by atoms with Gasteiger partial charge in [0.1, 0.15) is 19.0 Å². The summed E-state index contributed by atoms with van der Waals surface area (Å²) in [5.74, 6) is 12.1. The van der Waals surface area contributed by atoms with Gasteiger partial charge in [0, 0.05) is 5.75 Å². The summed E-state index contributed by atoms with van der Waals surface area (Å²) in [5, 5.41) is 16.9. The zero-order chi connectivity index (χ0) is 26.2. The Morgan fingerprint density at radius 3 is 2.14 bits per heavy atom. The van der Waals surface area contributed by atoms with Gasteiger partial charge < -0.3 is 16.4 Å². The van der Waals surface area contributed by atoms with E-state index in [1.54, 1.807) is 30.3 Å². The van der Waals surface area contributed by atoms with E-state index >= 15 is 0 Å². The largest absolute Gasteiger partial charge is 0.472 e. The lowest BCUT2D eigenvalue weighted by molar-refractivity contribution is 0.280. The second-order valence-electron chi connectivity index (χ2n) is 6.75. The van der Waals surface area contributed by atoms with Crippen LogP contribution in [0.25, 0.3) is 0 Å². The van der Waals surface area contributed by atoms with Crippen molar-refractivity contribution in [2.45, 2.75) is 17.5 Å². The molecule has 0 radical (unpaired) electrons. The predicted octanol–water partition coefficient (Wildman–Crippen LogP) is 4.56. The first-order valence-corrected chi connectivity index (χ1v) is 12.6. The summed E-state index contributed by atoms with van der Waals surface area (Å²) in [6.07, 6.45) is 2.44. The standard InChI is InChI=1S/2C10H8Cl2N4OS/c11-7-2-1-6(3-8(7)12)5-18-10-15-14-4-9(17)16(10)13;11-7-2-1-6(3-8(7)12)5-17-9-4-14-15-10(18)16(9)13/h2*1-4H,5,13H2. The summed E-state index contributed by atoms with van der Waals surface area (Å²) in [6.45, 7) is 0.272. The van der Waals surface area contributed by atoms with E-state index in [1.165, 1.54) is 18.0 Å². The van der Waals surface area contributed by atoms with Crippen LogP contribution in [0.4, 0.5) is 0 Å². The topological polar surface area (TPSA) is 140 Å². The molecule has 2 heterocycles. The lowest BCUT2D eigenvalue weighted by atomic mass is 10.2. The Bertz CT molecular complexity index is 1370. The number of ether oxygens (including phenoxy) is 1. The fraction of sp³-hybridized carbons (Fsp3) is 0.100. The van der Waals surface area contributed by atoms with Crippen molar-refractivity contribution in [3.8, 4) is 5.88 Å². The summed E-state index contributed by atoms with van der Waals surface area (Å²) in [5.41, 5.74) is 1.40. The monoisotopic (exact) mass is 604 g/mol. The van der Waals surface area contributed by atoms with Gasteiger partial charge in [-0.1, -0.05) is 70.3 Å². The Morgan fingerprint density at radius 1 is 0.861 bits per heavy atom. The molecule has 2 aromatic carbocycles. The van der Waals surface area contributed by atoms with Crippen LogP contribution in [0.15, 0.2) is 58.7 Å². The van der Waals surface area contributed by atoms with Gasteiger partial charge in [-0.15, -0.1) is 10.2 Å². The lowest BCUT2D eigenvalue weighted by Gasteiger charge is -2.09. The van der Waals surface area contributed by atoms with E-state index in [1.807, 2.05) is 6.07 Å². The summed E-state index contributed by atoms with van der Waals surface area (Å²) < 4.78 is 7.70. The molecule has 0 fully saturated rings. The third-order valence-electron chi connectivity index (χ3n) is 4.23. The number of nitrogens with two attached hydrogens (primary N) is 2. The molecule has 0 bridgehead atoms. The van der Waals surface area contributed by atoms with Crippen molar-refractivity contribution in [3.05, 3.63) is 95.1 Å². The summed E-state index contributed by atoms with van der Waals surface area (Å²) in [7, 11) is 0. The molecule has 0 aliphatic rings. The SMILES string of the molecule is Nn1c(OCc2ccc(Cl)c(Cl)c2)cnnc1=S.Nn1c(SCc2ccc(Cl)c(Cl)c2)nncc1=O. The van der Waals surface area contributed by atoms with Crippen LogP contribution in [0.3, 0.4) is 0 Å². The fourth-order valence-electron chi connectivity index (χ4n) is 2.43. The molecule has 0 aliphatic carbocycles. The van der Waals surface area contributed by atoms with Gasteiger partial charge in [0.2, 0.25) is 15.8 Å². The number of nitrogens with zero attached hydrogens (tertiary/aromatic N) is 6. The van der Waals surface area contributed by atoms with Crippen molar-refractivity contribution in [3.63, 3.8) is 0 Å². The zero-order valence-corrected chi connectivity index (χ0v) is 22.7. The number of halogens is 4. The van der Waals surface area contributed by atoms with Crippen LogP contribution >= 0.6 is 70.4 Å². The summed E-state index contributed by atoms with van der Waals surface area (Å²) in [6, 6.07) is 10.5. The fourth-order valence-corrected chi connectivity index (χ4v) is 4.02. The number of rotatable bonds is 6. The first-order valence-electron chi connectivity index (χ1n) is 9.68. The molecule has 0 saturated carbocycles. The molecule has 10 nitrogen and oxygen atoms in total. The van der Waals surface area contributed by atoms with Crippen LogP contribution in [-0.4, -0.2) is 29.7 Å². The third-order valence-corrected chi connectivity index (χ3v) is 7.00. The van der Waals surface area contributed by atoms with Gasteiger partial charge in [0.15, 0.2) is 0 Å². The van der Waals surface area contributed by atoms with Crippen molar-refractivity contribution in [2.24, 2.45) is 0 Å². The Hall–Kier alpha value is -2.61. The smallest absolute Gasteiger partial charge is 0.291 e. The van der Waals surface area contributed by atoms with Gasteiger partial charge in [0.25, 0.3) is 5.56 Å². The third kappa shape index (κ3) is 7.69. The molecular weight excluding hydrogens is 590 g/mol. The number of nitrogen functional groups attached to an aromatic ring is 2. The van der Waals surface area contributed by atoms with Gasteiger partial charge >= 0.3 is 0 Å². The second-order valence-corrected chi connectivity index (χ2v) is 9.68. The molecule has 16 heteroatoms. The first kappa shape index (κ1) is 28.0. The van der Waals surface area contributed by atoms with E-state index in [2.05, 4.69) is 20.4 Å². The quantitative estimate of drug-likeness (QED) is 0.182. The predicted molar refractivity (Wildman–Crippen MR) is 144 cm³/mol. The highest BCUT2D eigenvalue weighted by molar-refractivity contribution is 7.98. The van der Waals surface area contributed by atoms with E-state index in [0.29, 0.717) is 36.9 Å². The number of aromatic nitrogens is 6. The molecule has 2 aromatic heterocycles. The van der Waals surface area contributed by atoms with Crippen LogP contribution < -0.4 is 22.0 Å². The van der Waals surface area contributed by atoms with Crippen molar-refractivity contribution in [2.75, 3.05) is 11.7 Å². The van der Waals surface area contributed by atoms with Crippen LogP contribution in [0.5, 0.6) is 5.88 Å². The molecule has 4 aromatic rings. The van der Waals surface area contributed by atoms with Gasteiger partial charge in [-0.05, 0) is 47.6 Å². The maximum absolute atomic E-state index is 11.2. The average molecular weight is 606 g/mol. The number of hydrogen-bond acceptors (Lipinski definition) is 10. The van der Waals surface area contributed by atoms with Crippen LogP contribution in [0.1, 0.15) is 11.1 Å². The van der Waals surface area contributed by atoms with Crippen molar-refractivity contribution < 1.29 is 4.74 Å². The highest BCUT2D eigenvalue weighted by Gasteiger charge is 2.06. The molecule has 0 spiro atoms. The molecule has 0 atom stereocenters. The minimum absolute atomic E-state index is 0.140. The van der Waals surface area contributed by atoms with E-state index < -0.39 is 5.56 Å². The Morgan fingerprint density at radius 2 is 1.47 bits per heavy atom. The Kier molecular flexibility index (Phi) is 10.2. The molecule has 0 unspecified atom stereocenters. The molecule has 0 saturated heterocycles. The van der Waals surface area contributed by atoms with Crippen LogP contribution in [0.2, 0.25) is 20.1 Å². The molecule has 36 heavy (non-hydrogen) atoms. The highest BCUT2D eigenvalue weighted by atomic mass is 35.5. The first-order chi connectivity index (χ1) is 17.2. The van der Waals surface area contributed by atoms with Crippen LogP contribution in [-0.2, 0) is 12.4 Å². The molecular formula is C20H16Cl4N8O2S2. The molecule has 4 rings (SSSR count). The maximum atomic E-state index is 11.2. The van der Waals surface area contributed by atoms with Gasteiger partial charge in [-0.2, -0.15) is 19.5 Å². The average Bonchev–Trinajstić information content (AvgIpc) is 2.85. The van der Waals surface area contributed by atoms with E-state index in [4.69, 9.17) is 75.0 Å². The van der Waals surface area contributed by atoms with E-state index in [-0.39, 0.29) is 11.4 Å². The summed E-state index contributed by atoms with van der Waals surface area (Å²) in [4.78, 5) is 11.2. The van der Waals surface area contributed by atoms with Crippen molar-refractivity contribution in [1.82, 2.24) is 29.7 Å².